The molecule has 3 rings (SSSR count). The second kappa shape index (κ2) is 4.53. The fourth-order valence-corrected chi connectivity index (χ4v) is 3.57. The van der Waals surface area contributed by atoms with Gasteiger partial charge in [0.25, 0.3) is 0 Å². The first-order chi connectivity index (χ1) is 9.28. The number of rotatable bonds is 2. The van der Waals surface area contributed by atoms with Crippen LogP contribution in [0.3, 0.4) is 0 Å². The summed E-state index contributed by atoms with van der Waals surface area (Å²) in [7, 11) is 0. The molecule has 2 atom stereocenters. The summed E-state index contributed by atoms with van der Waals surface area (Å²) in [6.07, 6.45) is 0. The maximum Gasteiger partial charge on any atom is 0.232 e. The van der Waals surface area contributed by atoms with Crippen LogP contribution >= 0.6 is 0 Å². The minimum Gasteiger partial charge on any atom is -0.339 e. The lowest BCUT2D eigenvalue weighted by molar-refractivity contribution is 0.127. The first kappa shape index (κ1) is 14.0. The molecule has 0 bridgehead atoms. The summed E-state index contributed by atoms with van der Waals surface area (Å²) in [6, 6.07) is 0. The molecule has 0 saturated carbocycles. The molecule has 112 valence electrons. The van der Waals surface area contributed by atoms with Gasteiger partial charge in [-0.15, -0.1) is 0 Å². The molecule has 1 aromatic rings. The third kappa shape index (κ3) is 2.27. The van der Waals surface area contributed by atoms with Gasteiger partial charge in [-0.05, 0) is 32.2 Å². The molecule has 5 nitrogen and oxygen atoms in total. The highest BCUT2D eigenvalue weighted by atomic mass is 16.5. The van der Waals surface area contributed by atoms with E-state index in [2.05, 4.69) is 55.0 Å². The van der Waals surface area contributed by atoms with E-state index < -0.39 is 0 Å². The van der Waals surface area contributed by atoms with E-state index >= 15 is 0 Å². The maximum absolute atomic E-state index is 5.40. The fraction of sp³-hybridized carbons (Fsp3) is 0.867. The van der Waals surface area contributed by atoms with Gasteiger partial charge >= 0.3 is 0 Å². The highest BCUT2D eigenvalue weighted by Gasteiger charge is 2.49. The molecule has 5 heteroatoms. The van der Waals surface area contributed by atoms with Gasteiger partial charge in [-0.25, -0.2) is 0 Å². The third-order valence-electron chi connectivity index (χ3n) is 4.96. The Morgan fingerprint density at radius 3 is 2.70 bits per heavy atom. The van der Waals surface area contributed by atoms with Crippen molar-refractivity contribution in [3.05, 3.63) is 11.7 Å². The van der Waals surface area contributed by atoms with Gasteiger partial charge in [-0.3, -0.25) is 4.90 Å². The summed E-state index contributed by atoms with van der Waals surface area (Å²) in [5.41, 5.74) is 0.128. The van der Waals surface area contributed by atoms with Crippen LogP contribution in [-0.2, 0) is 12.0 Å². The van der Waals surface area contributed by atoms with Crippen molar-refractivity contribution in [3.63, 3.8) is 0 Å². The van der Waals surface area contributed by atoms with Crippen LogP contribution in [0, 0.1) is 11.8 Å². The zero-order valence-electron chi connectivity index (χ0n) is 13.2. The molecular formula is C15H26N4O. The normalized spacial score (nSPS) is 29.9. The lowest BCUT2D eigenvalue weighted by atomic mass is 9.85. The molecule has 2 aliphatic rings. The van der Waals surface area contributed by atoms with Gasteiger partial charge < -0.3 is 9.84 Å². The Morgan fingerprint density at radius 1 is 1.35 bits per heavy atom. The lowest BCUT2D eigenvalue weighted by Crippen LogP contribution is -2.44. The molecule has 0 aliphatic carbocycles. The molecule has 2 saturated heterocycles. The van der Waals surface area contributed by atoms with Crippen molar-refractivity contribution < 1.29 is 4.52 Å². The van der Waals surface area contributed by atoms with Crippen LogP contribution in [-0.4, -0.2) is 40.2 Å². The van der Waals surface area contributed by atoms with Crippen LogP contribution in [0.15, 0.2) is 4.52 Å². The van der Waals surface area contributed by atoms with Crippen molar-refractivity contribution in [2.75, 3.05) is 19.6 Å². The molecule has 0 aromatic carbocycles. The Balaban J connectivity index is 1.74. The molecular weight excluding hydrogens is 252 g/mol. The molecule has 0 radical (unpaired) electrons. The third-order valence-corrected chi connectivity index (χ3v) is 4.96. The largest absolute Gasteiger partial charge is 0.339 e. The SMILES string of the molecule is CC(C)(C)c1nc(CN2CC3CNCC3C2(C)C)no1. The van der Waals surface area contributed by atoms with E-state index in [9.17, 15) is 0 Å². The molecule has 3 heterocycles. The Kier molecular flexibility index (Phi) is 3.18. The number of aromatic nitrogens is 2. The molecule has 2 aliphatic heterocycles. The van der Waals surface area contributed by atoms with Gasteiger partial charge in [-0.1, -0.05) is 25.9 Å². The minimum atomic E-state index is -0.0772. The molecule has 1 N–H and O–H groups in total. The predicted octanol–water partition coefficient (Wildman–Crippen LogP) is 1.80. The number of nitrogens with zero attached hydrogens (tertiary/aromatic N) is 3. The summed E-state index contributed by atoms with van der Waals surface area (Å²) in [5, 5.41) is 7.67. The van der Waals surface area contributed by atoms with Crippen molar-refractivity contribution in [2.24, 2.45) is 11.8 Å². The minimum absolute atomic E-state index is 0.0772. The molecule has 0 spiro atoms. The Labute approximate surface area is 121 Å². The number of likely N-dealkylation sites (tertiary alicyclic amines) is 1. The smallest absolute Gasteiger partial charge is 0.232 e. The standard InChI is InChI=1S/C15H26N4O/c1-14(2,3)13-17-12(18-20-13)9-19-8-10-6-16-7-11(10)15(19,4)5/h10-11,16H,6-9H2,1-5H3. The molecule has 1 aromatic heterocycles. The first-order valence-corrected chi connectivity index (χ1v) is 7.57. The number of fused-ring (bicyclic) bond motifs is 1. The summed E-state index contributed by atoms with van der Waals surface area (Å²) in [6.45, 7) is 15.2. The highest BCUT2D eigenvalue weighted by Crippen LogP contribution is 2.41. The van der Waals surface area contributed by atoms with Gasteiger partial charge in [0.05, 0.1) is 6.54 Å². The molecule has 2 unspecified atom stereocenters. The van der Waals surface area contributed by atoms with Gasteiger partial charge in [-0.2, -0.15) is 4.98 Å². The average Bonchev–Trinajstić information content (AvgIpc) is 2.98. The molecule has 20 heavy (non-hydrogen) atoms. The molecule has 2 fully saturated rings. The van der Waals surface area contributed by atoms with Crippen LogP contribution in [0.4, 0.5) is 0 Å². The highest BCUT2D eigenvalue weighted by molar-refractivity contribution is 5.06. The van der Waals surface area contributed by atoms with Crippen LogP contribution in [0.5, 0.6) is 0 Å². The van der Waals surface area contributed by atoms with Crippen LogP contribution in [0.25, 0.3) is 0 Å². The number of nitrogens with one attached hydrogen (secondary N) is 1. The molecule has 0 amide bonds. The summed E-state index contributed by atoms with van der Waals surface area (Å²) in [4.78, 5) is 7.08. The van der Waals surface area contributed by atoms with E-state index in [1.807, 2.05) is 0 Å². The van der Waals surface area contributed by atoms with Crippen molar-refractivity contribution in [2.45, 2.75) is 52.1 Å². The number of hydrogen-bond acceptors (Lipinski definition) is 5. The topological polar surface area (TPSA) is 54.2 Å². The lowest BCUT2D eigenvalue weighted by Gasteiger charge is -2.34. The van der Waals surface area contributed by atoms with Crippen molar-refractivity contribution in [3.8, 4) is 0 Å². The second-order valence-corrected chi connectivity index (χ2v) is 7.82. The summed E-state index contributed by atoms with van der Waals surface area (Å²) < 4.78 is 5.40. The Morgan fingerprint density at radius 2 is 2.10 bits per heavy atom. The zero-order valence-corrected chi connectivity index (χ0v) is 13.2. The van der Waals surface area contributed by atoms with Crippen LogP contribution in [0.2, 0.25) is 0 Å². The van der Waals surface area contributed by atoms with Crippen molar-refractivity contribution >= 4 is 0 Å². The van der Waals surface area contributed by atoms with E-state index in [-0.39, 0.29) is 11.0 Å². The average molecular weight is 278 g/mol. The second-order valence-electron chi connectivity index (χ2n) is 7.82. The predicted molar refractivity (Wildman–Crippen MR) is 77.3 cm³/mol. The fourth-order valence-electron chi connectivity index (χ4n) is 3.57. The number of hydrogen-bond donors (Lipinski definition) is 1. The van der Waals surface area contributed by atoms with E-state index in [0.29, 0.717) is 0 Å². The maximum atomic E-state index is 5.40. The van der Waals surface area contributed by atoms with Crippen molar-refractivity contribution in [1.29, 1.82) is 0 Å². The van der Waals surface area contributed by atoms with E-state index in [0.717, 1.165) is 49.7 Å². The van der Waals surface area contributed by atoms with Gasteiger partial charge in [0, 0.05) is 24.0 Å². The van der Waals surface area contributed by atoms with E-state index in [4.69, 9.17) is 4.52 Å². The van der Waals surface area contributed by atoms with E-state index in [1.165, 1.54) is 0 Å². The summed E-state index contributed by atoms with van der Waals surface area (Å²) >= 11 is 0. The van der Waals surface area contributed by atoms with Crippen LogP contribution in [0.1, 0.15) is 46.3 Å². The van der Waals surface area contributed by atoms with E-state index in [1.54, 1.807) is 0 Å². The van der Waals surface area contributed by atoms with Gasteiger partial charge in [0.2, 0.25) is 5.89 Å². The Hall–Kier alpha value is -0.940. The monoisotopic (exact) mass is 278 g/mol. The first-order valence-electron chi connectivity index (χ1n) is 7.57. The Bertz CT molecular complexity index is 488. The van der Waals surface area contributed by atoms with Gasteiger partial charge in [0.15, 0.2) is 5.82 Å². The summed E-state index contributed by atoms with van der Waals surface area (Å²) in [5.74, 6) is 3.04. The van der Waals surface area contributed by atoms with Crippen molar-refractivity contribution in [1.82, 2.24) is 20.4 Å². The van der Waals surface area contributed by atoms with Crippen LogP contribution < -0.4 is 5.32 Å². The zero-order chi connectivity index (χ0) is 14.5. The quantitative estimate of drug-likeness (QED) is 0.894. The van der Waals surface area contributed by atoms with Gasteiger partial charge in [0.1, 0.15) is 0 Å².